The number of nitrogens with two attached hydrogens (primary N) is 1. The normalized spacial score (nSPS) is 15.0. The summed E-state index contributed by atoms with van der Waals surface area (Å²) in [5.74, 6) is 1.37. The van der Waals surface area contributed by atoms with Gasteiger partial charge in [-0.2, -0.15) is 0 Å². The molecular weight excluding hydrogens is 364 g/mol. The molecule has 9 nitrogen and oxygen atoms in total. The van der Waals surface area contributed by atoms with Crippen molar-refractivity contribution in [3.8, 4) is 11.4 Å². The quantitative estimate of drug-likeness (QED) is 0.508. The Morgan fingerprint density at radius 3 is 2.70 bits per heavy atom. The minimum atomic E-state index is 0.160. The highest BCUT2D eigenvalue weighted by molar-refractivity contribution is 7.09. The fourth-order valence-corrected chi connectivity index (χ4v) is 4.05. The van der Waals surface area contributed by atoms with Gasteiger partial charge in [-0.1, -0.05) is 0 Å². The van der Waals surface area contributed by atoms with Crippen LogP contribution in [0, 0.1) is 5.41 Å². The molecule has 0 unspecified atom stereocenters. The van der Waals surface area contributed by atoms with Crippen LogP contribution in [0.5, 0.6) is 5.75 Å². The summed E-state index contributed by atoms with van der Waals surface area (Å²) >= 11 is 1.68. The molecule has 1 aromatic carbocycles. The predicted octanol–water partition coefficient (Wildman–Crippen LogP) is 1.77. The summed E-state index contributed by atoms with van der Waals surface area (Å²) in [6.07, 6.45) is 3.51. The van der Waals surface area contributed by atoms with Crippen LogP contribution in [0.4, 0.5) is 0 Å². The molecule has 3 heterocycles. The van der Waals surface area contributed by atoms with Crippen LogP contribution in [0.15, 0.2) is 36.0 Å². The van der Waals surface area contributed by atoms with Gasteiger partial charge in [-0.05, 0) is 47.5 Å². The Labute approximate surface area is 160 Å². The van der Waals surface area contributed by atoms with Crippen molar-refractivity contribution in [1.29, 1.82) is 5.41 Å². The third-order valence-electron chi connectivity index (χ3n) is 4.59. The molecule has 0 spiro atoms. The Bertz CT molecular complexity index is 884. The zero-order valence-corrected chi connectivity index (χ0v) is 15.5. The van der Waals surface area contributed by atoms with E-state index in [4.69, 9.17) is 20.9 Å². The molecule has 0 bridgehead atoms. The number of tetrazole rings is 1. The molecule has 1 aliphatic heterocycles. The van der Waals surface area contributed by atoms with E-state index in [0.29, 0.717) is 12.5 Å². The Balaban J connectivity index is 1.31. The van der Waals surface area contributed by atoms with Gasteiger partial charge in [0.05, 0.1) is 16.4 Å². The number of thiazole rings is 1. The monoisotopic (exact) mass is 384 g/mol. The van der Waals surface area contributed by atoms with E-state index in [9.17, 15) is 0 Å². The molecule has 0 saturated carbocycles. The Hall–Kier alpha value is -3.01. The van der Waals surface area contributed by atoms with E-state index < -0.39 is 0 Å². The third-order valence-corrected chi connectivity index (χ3v) is 5.65. The zero-order valence-electron chi connectivity index (χ0n) is 14.7. The average Bonchev–Trinajstić information content (AvgIpc) is 3.39. The molecule has 0 aliphatic carbocycles. The second-order valence-corrected chi connectivity index (χ2v) is 7.25. The number of hydrogen-bond acceptors (Lipinski definition) is 7. The number of nitrogens with one attached hydrogen (secondary N) is 1. The molecule has 1 fully saturated rings. The van der Waals surface area contributed by atoms with Crippen molar-refractivity contribution in [2.45, 2.75) is 25.4 Å². The number of nitrogens with zero attached hydrogens (tertiary/aromatic N) is 6. The first kappa shape index (κ1) is 17.4. The first-order valence-corrected chi connectivity index (χ1v) is 9.56. The maximum absolute atomic E-state index is 7.52. The lowest BCUT2D eigenvalue weighted by Gasteiger charge is -2.31. The molecule has 0 amide bonds. The van der Waals surface area contributed by atoms with E-state index >= 15 is 0 Å². The van der Waals surface area contributed by atoms with Crippen LogP contribution in [-0.2, 0) is 6.61 Å². The van der Waals surface area contributed by atoms with Gasteiger partial charge in [0, 0.05) is 24.4 Å². The molecule has 27 heavy (non-hydrogen) atoms. The van der Waals surface area contributed by atoms with Crippen LogP contribution in [0.1, 0.15) is 29.5 Å². The van der Waals surface area contributed by atoms with Crippen molar-refractivity contribution in [2.75, 3.05) is 13.1 Å². The van der Waals surface area contributed by atoms with Crippen molar-refractivity contribution in [3.05, 3.63) is 46.7 Å². The van der Waals surface area contributed by atoms with E-state index in [2.05, 4.69) is 20.9 Å². The van der Waals surface area contributed by atoms with Crippen molar-refractivity contribution in [1.82, 2.24) is 30.1 Å². The largest absolute Gasteiger partial charge is 0.487 e. The van der Waals surface area contributed by atoms with E-state index in [1.807, 2.05) is 29.2 Å². The van der Waals surface area contributed by atoms with Gasteiger partial charge in [0.2, 0.25) is 0 Å². The number of rotatable bonds is 5. The molecule has 4 rings (SSSR count). The molecule has 1 aliphatic rings. The third kappa shape index (κ3) is 4.05. The fourth-order valence-electron chi connectivity index (χ4n) is 3.08. The molecule has 3 aromatic rings. The van der Waals surface area contributed by atoms with E-state index in [0.717, 1.165) is 48.1 Å². The molecule has 10 heteroatoms. The van der Waals surface area contributed by atoms with Gasteiger partial charge in [-0.25, -0.2) is 9.67 Å². The average molecular weight is 384 g/mol. The van der Waals surface area contributed by atoms with Crippen molar-refractivity contribution < 1.29 is 4.74 Å². The number of likely N-dealkylation sites (tertiary alicyclic amines) is 1. The summed E-state index contributed by atoms with van der Waals surface area (Å²) in [4.78, 5) is 6.65. The van der Waals surface area contributed by atoms with Gasteiger partial charge in [0.25, 0.3) is 0 Å². The topological polar surface area (TPSA) is 119 Å². The van der Waals surface area contributed by atoms with Gasteiger partial charge in [-0.15, -0.1) is 16.4 Å². The summed E-state index contributed by atoms with van der Waals surface area (Å²) in [5, 5.41) is 21.8. The number of aromatic nitrogens is 5. The van der Waals surface area contributed by atoms with Crippen molar-refractivity contribution >= 4 is 17.3 Å². The molecule has 0 atom stereocenters. The number of hydrogen-bond donors (Lipinski definition) is 2. The highest BCUT2D eigenvalue weighted by Gasteiger charge is 2.23. The summed E-state index contributed by atoms with van der Waals surface area (Å²) in [5.41, 5.74) is 7.37. The molecular formula is C17H20N8OS. The van der Waals surface area contributed by atoms with Gasteiger partial charge >= 0.3 is 0 Å². The van der Waals surface area contributed by atoms with Gasteiger partial charge < -0.3 is 15.4 Å². The van der Waals surface area contributed by atoms with E-state index in [1.165, 1.54) is 0 Å². The maximum Gasteiger partial charge on any atom is 0.188 e. The van der Waals surface area contributed by atoms with Crippen molar-refractivity contribution in [3.63, 3.8) is 0 Å². The lowest BCUT2D eigenvalue weighted by molar-refractivity contribution is 0.297. The number of ether oxygens (including phenoxy) is 1. The van der Waals surface area contributed by atoms with Gasteiger partial charge in [0.15, 0.2) is 5.96 Å². The van der Waals surface area contributed by atoms with Crippen LogP contribution < -0.4 is 10.5 Å². The highest BCUT2D eigenvalue weighted by atomic mass is 32.1. The molecule has 140 valence electrons. The van der Waals surface area contributed by atoms with Crippen LogP contribution in [0.2, 0.25) is 0 Å². The van der Waals surface area contributed by atoms with Crippen LogP contribution in [-0.4, -0.2) is 49.1 Å². The van der Waals surface area contributed by atoms with Crippen LogP contribution >= 0.6 is 11.3 Å². The Morgan fingerprint density at radius 2 is 2.04 bits per heavy atom. The highest BCUT2D eigenvalue weighted by Crippen LogP contribution is 2.30. The Morgan fingerprint density at radius 1 is 1.26 bits per heavy atom. The minimum absolute atomic E-state index is 0.160. The van der Waals surface area contributed by atoms with Crippen LogP contribution in [0.25, 0.3) is 5.69 Å². The summed E-state index contributed by atoms with van der Waals surface area (Å²) in [7, 11) is 0. The summed E-state index contributed by atoms with van der Waals surface area (Å²) in [6, 6.07) is 7.59. The molecule has 0 radical (unpaired) electrons. The smallest absolute Gasteiger partial charge is 0.188 e. The predicted molar refractivity (Wildman–Crippen MR) is 101 cm³/mol. The van der Waals surface area contributed by atoms with Gasteiger partial charge in [0.1, 0.15) is 18.7 Å². The first-order valence-electron chi connectivity index (χ1n) is 8.68. The summed E-state index contributed by atoms with van der Waals surface area (Å²) < 4.78 is 7.44. The minimum Gasteiger partial charge on any atom is -0.487 e. The second-order valence-electron chi connectivity index (χ2n) is 6.36. The molecule has 2 aromatic heterocycles. The first-order chi connectivity index (χ1) is 13.2. The second kappa shape index (κ2) is 7.70. The van der Waals surface area contributed by atoms with Gasteiger partial charge in [-0.3, -0.25) is 5.41 Å². The number of piperidine rings is 1. The standard InChI is InChI=1S/C17H20N8OS/c18-17(19)24-7-5-12(6-8-24)16-21-13(10-27-16)9-26-15-3-1-14(2-4-15)25-11-20-22-23-25/h1-4,10-12H,5-9H2,(H3,18,19). The zero-order chi connectivity index (χ0) is 18.6. The number of benzene rings is 1. The lowest BCUT2D eigenvalue weighted by Crippen LogP contribution is -2.41. The number of guanidine groups is 1. The van der Waals surface area contributed by atoms with E-state index in [-0.39, 0.29) is 5.96 Å². The maximum atomic E-state index is 7.52. The molecule has 3 N–H and O–H groups in total. The van der Waals surface area contributed by atoms with E-state index in [1.54, 1.807) is 22.3 Å². The lowest BCUT2D eigenvalue weighted by atomic mass is 9.98. The SMILES string of the molecule is N=C(N)N1CCC(c2nc(COc3ccc(-n4cnnn4)cc3)cs2)CC1. The summed E-state index contributed by atoms with van der Waals surface area (Å²) in [6.45, 7) is 2.07. The van der Waals surface area contributed by atoms with Crippen LogP contribution in [0.3, 0.4) is 0 Å². The van der Waals surface area contributed by atoms with Crippen molar-refractivity contribution in [2.24, 2.45) is 5.73 Å². The molecule has 1 saturated heterocycles. The fraction of sp³-hybridized carbons (Fsp3) is 0.353. The Kier molecular flexibility index (Phi) is 4.97.